The van der Waals surface area contributed by atoms with Gasteiger partial charge in [-0.25, -0.2) is 4.79 Å². The van der Waals surface area contributed by atoms with E-state index in [4.69, 9.17) is 26.8 Å². The standard InChI is InChI=1S/C14H21ClN2O3/c1-5-20-14(18)11-6-10(16)7-12(15)13(11)17(3)9(2)8-19-4/h6-7,9H,5,8,16H2,1-4H3. The molecule has 6 heteroatoms. The maximum absolute atomic E-state index is 12.1. The van der Waals surface area contributed by atoms with Crippen molar-refractivity contribution in [2.75, 3.05) is 38.0 Å². The number of benzene rings is 1. The summed E-state index contributed by atoms with van der Waals surface area (Å²) in [4.78, 5) is 13.9. The first-order valence-electron chi connectivity index (χ1n) is 6.40. The van der Waals surface area contributed by atoms with Crippen LogP contribution in [0.5, 0.6) is 0 Å². The molecule has 5 nitrogen and oxygen atoms in total. The van der Waals surface area contributed by atoms with Crippen molar-refractivity contribution in [3.8, 4) is 0 Å². The van der Waals surface area contributed by atoms with E-state index in [1.165, 1.54) is 0 Å². The molecule has 112 valence electrons. The van der Waals surface area contributed by atoms with Crippen molar-refractivity contribution in [3.63, 3.8) is 0 Å². The number of esters is 1. The summed E-state index contributed by atoms with van der Waals surface area (Å²) in [6, 6.07) is 3.25. The number of carbonyl (C=O) groups excluding carboxylic acids is 1. The molecule has 0 aliphatic rings. The molecule has 0 aromatic heterocycles. The first kappa shape index (κ1) is 16.6. The predicted molar refractivity (Wildman–Crippen MR) is 81.6 cm³/mol. The van der Waals surface area contributed by atoms with Crippen LogP contribution in [0.4, 0.5) is 11.4 Å². The Hall–Kier alpha value is -1.46. The summed E-state index contributed by atoms with van der Waals surface area (Å²) in [5.41, 5.74) is 7.15. The largest absolute Gasteiger partial charge is 0.462 e. The van der Waals surface area contributed by atoms with Gasteiger partial charge in [-0.2, -0.15) is 0 Å². The van der Waals surface area contributed by atoms with Gasteiger partial charge >= 0.3 is 5.97 Å². The number of anilines is 2. The van der Waals surface area contributed by atoms with E-state index in [2.05, 4.69) is 0 Å². The molecule has 0 heterocycles. The average molecular weight is 301 g/mol. The first-order valence-corrected chi connectivity index (χ1v) is 6.78. The molecule has 1 rings (SSSR count). The lowest BCUT2D eigenvalue weighted by atomic mass is 10.1. The molecule has 0 fully saturated rings. The van der Waals surface area contributed by atoms with Gasteiger partial charge in [0.05, 0.1) is 29.5 Å². The highest BCUT2D eigenvalue weighted by molar-refractivity contribution is 6.34. The van der Waals surface area contributed by atoms with Gasteiger partial charge in [0.1, 0.15) is 0 Å². The predicted octanol–water partition coefficient (Wildman–Crippen LogP) is 2.57. The SMILES string of the molecule is CCOC(=O)c1cc(N)cc(Cl)c1N(C)C(C)COC. The lowest BCUT2D eigenvalue weighted by Crippen LogP contribution is -2.34. The zero-order valence-electron chi connectivity index (χ0n) is 12.3. The van der Waals surface area contributed by atoms with Crippen LogP contribution in [0.25, 0.3) is 0 Å². The number of halogens is 1. The van der Waals surface area contributed by atoms with Crippen LogP contribution in [0.1, 0.15) is 24.2 Å². The number of ether oxygens (including phenoxy) is 2. The summed E-state index contributed by atoms with van der Waals surface area (Å²) in [5, 5.41) is 0.415. The molecule has 0 radical (unpaired) electrons. The number of nitrogen functional groups attached to an aromatic ring is 1. The minimum atomic E-state index is -0.437. The Kier molecular flexibility index (Phi) is 6.10. The third kappa shape index (κ3) is 3.77. The fraction of sp³-hybridized carbons (Fsp3) is 0.500. The van der Waals surface area contributed by atoms with E-state index in [-0.39, 0.29) is 6.04 Å². The third-order valence-electron chi connectivity index (χ3n) is 3.00. The van der Waals surface area contributed by atoms with Crippen LogP contribution in [0.3, 0.4) is 0 Å². The Morgan fingerprint density at radius 1 is 1.50 bits per heavy atom. The molecule has 0 aliphatic carbocycles. The Labute approximate surface area is 124 Å². The lowest BCUT2D eigenvalue weighted by molar-refractivity contribution is 0.0527. The molecule has 1 atom stereocenters. The van der Waals surface area contributed by atoms with E-state index >= 15 is 0 Å². The highest BCUT2D eigenvalue weighted by atomic mass is 35.5. The van der Waals surface area contributed by atoms with Gasteiger partial charge in [0.15, 0.2) is 0 Å². The van der Waals surface area contributed by atoms with Crippen LogP contribution in [0.2, 0.25) is 5.02 Å². The van der Waals surface area contributed by atoms with Gasteiger partial charge < -0.3 is 20.1 Å². The fourth-order valence-corrected chi connectivity index (χ4v) is 2.28. The summed E-state index contributed by atoms with van der Waals surface area (Å²) in [6.07, 6.45) is 0. The number of nitrogens with two attached hydrogens (primary N) is 1. The highest BCUT2D eigenvalue weighted by Gasteiger charge is 2.22. The van der Waals surface area contributed by atoms with Crippen LogP contribution in [-0.4, -0.2) is 39.4 Å². The maximum Gasteiger partial charge on any atom is 0.340 e. The summed E-state index contributed by atoms with van der Waals surface area (Å²) in [7, 11) is 3.48. The van der Waals surface area contributed by atoms with E-state index in [1.807, 2.05) is 18.9 Å². The van der Waals surface area contributed by atoms with Crippen LogP contribution in [-0.2, 0) is 9.47 Å². The molecule has 0 amide bonds. The van der Waals surface area contributed by atoms with Crippen molar-refractivity contribution in [1.82, 2.24) is 0 Å². The second kappa shape index (κ2) is 7.36. The van der Waals surface area contributed by atoms with E-state index in [9.17, 15) is 4.79 Å². The lowest BCUT2D eigenvalue weighted by Gasteiger charge is -2.29. The van der Waals surface area contributed by atoms with Crippen molar-refractivity contribution in [2.45, 2.75) is 19.9 Å². The van der Waals surface area contributed by atoms with Gasteiger partial charge in [0, 0.05) is 25.9 Å². The van der Waals surface area contributed by atoms with Gasteiger partial charge in [-0.05, 0) is 26.0 Å². The van der Waals surface area contributed by atoms with Crippen molar-refractivity contribution in [2.24, 2.45) is 0 Å². The molecular formula is C14H21ClN2O3. The van der Waals surface area contributed by atoms with Crippen molar-refractivity contribution < 1.29 is 14.3 Å². The maximum atomic E-state index is 12.1. The fourth-order valence-electron chi connectivity index (χ4n) is 1.92. The minimum absolute atomic E-state index is 0.0503. The summed E-state index contributed by atoms with van der Waals surface area (Å²) < 4.78 is 10.2. The van der Waals surface area contributed by atoms with Crippen molar-refractivity contribution >= 4 is 28.9 Å². The summed E-state index contributed by atoms with van der Waals surface area (Å²) in [5.74, 6) is -0.437. The topological polar surface area (TPSA) is 64.8 Å². The van der Waals surface area contributed by atoms with E-state index < -0.39 is 5.97 Å². The third-order valence-corrected chi connectivity index (χ3v) is 3.29. The van der Waals surface area contributed by atoms with Gasteiger partial charge in [0.2, 0.25) is 0 Å². The number of nitrogens with zero attached hydrogens (tertiary/aromatic N) is 1. The molecule has 0 aliphatic heterocycles. The second-order valence-corrected chi connectivity index (χ2v) is 4.94. The van der Waals surface area contributed by atoms with Gasteiger partial charge in [-0.3, -0.25) is 0 Å². The monoisotopic (exact) mass is 300 g/mol. The van der Waals surface area contributed by atoms with Gasteiger partial charge in [0.25, 0.3) is 0 Å². The average Bonchev–Trinajstić information content (AvgIpc) is 2.37. The van der Waals surface area contributed by atoms with Gasteiger partial charge in [-0.1, -0.05) is 11.6 Å². The molecule has 1 unspecified atom stereocenters. The Morgan fingerprint density at radius 3 is 2.70 bits per heavy atom. The number of hydrogen-bond donors (Lipinski definition) is 1. The second-order valence-electron chi connectivity index (χ2n) is 4.53. The van der Waals surface area contributed by atoms with Crippen molar-refractivity contribution in [1.29, 1.82) is 0 Å². The zero-order chi connectivity index (χ0) is 15.3. The van der Waals surface area contributed by atoms with E-state index in [1.54, 1.807) is 26.2 Å². The van der Waals surface area contributed by atoms with Crippen LogP contribution in [0, 0.1) is 0 Å². The summed E-state index contributed by atoms with van der Waals surface area (Å²) in [6.45, 7) is 4.54. The number of likely N-dealkylation sites (N-methyl/N-ethyl adjacent to an activating group) is 1. The number of hydrogen-bond acceptors (Lipinski definition) is 5. The molecular weight excluding hydrogens is 280 g/mol. The zero-order valence-corrected chi connectivity index (χ0v) is 13.0. The normalized spacial score (nSPS) is 12.1. The molecule has 1 aromatic rings. The van der Waals surface area contributed by atoms with Crippen LogP contribution in [0.15, 0.2) is 12.1 Å². The summed E-state index contributed by atoms with van der Waals surface area (Å²) >= 11 is 6.25. The minimum Gasteiger partial charge on any atom is -0.462 e. The molecule has 0 spiro atoms. The number of carbonyl (C=O) groups is 1. The Bertz CT molecular complexity index is 480. The van der Waals surface area contributed by atoms with Crippen LogP contribution < -0.4 is 10.6 Å². The smallest absolute Gasteiger partial charge is 0.340 e. The quantitative estimate of drug-likeness (QED) is 0.646. The van der Waals surface area contributed by atoms with Gasteiger partial charge in [-0.15, -0.1) is 0 Å². The molecule has 20 heavy (non-hydrogen) atoms. The molecule has 2 N–H and O–H groups in total. The van der Waals surface area contributed by atoms with E-state index in [0.29, 0.717) is 35.2 Å². The first-order chi connectivity index (χ1) is 9.42. The molecule has 0 bridgehead atoms. The molecule has 0 saturated heterocycles. The van der Waals surface area contributed by atoms with Crippen LogP contribution >= 0.6 is 11.6 Å². The Morgan fingerprint density at radius 2 is 2.15 bits per heavy atom. The van der Waals surface area contributed by atoms with Crippen molar-refractivity contribution in [3.05, 3.63) is 22.7 Å². The number of methoxy groups -OCH3 is 1. The Balaban J connectivity index is 3.25. The molecule has 1 aromatic carbocycles. The highest BCUT2D eigenvalue weighted by Crippen LogP contribution is 2.33. The van der Waals surface area contributed by atoms with E-state index in [0.717, 1.165) is 0 Å². The number of rotatable bonds is 6. The molecule has 0 saturated carbocycles.